The average molecular weight is 381 g/mol. The third kappa shape index (κ3) is 3.76. The summed E-state index contributed by atoms with van der Waals surface area (Å²) in [5.41, 5.74) is 3.69. The van der Waals surface area contributed by atoms with Crippen molar-refractivity contribution in [3.63, 3.8) is 0 Å². The summed E-state index contributed by atoms with van der Waals surface area (Å²) in [6.07, 6.45) is 1.67. The predicted molar refractivity (Wildman–Crippen MR) is 89.6 cm³/mol. The SMILES string of the molecule is O=C(NO)c1ccc2c(c1)CC(CS(=O)(=O)c1ccc(F)cc1F)CC2. The highest BCUT2D eigenvalue weighted by molar-refractivity contribution is 7.91. The van der Waals surface area contributed by atoms with Crippen molar-refractivity contribution in [2.24, 2.45) is 5.92 Å². The number of rotatable bonds is 4. The number of amides is 1. The van der Waals surface area contributed by atoms with E-state index in [0.29, 0.717) is 25.3 Å². The van der Waals surface area contributed by atoms with E-state index in [0.717, 1.165) is 23.3 Å². The normalized spacial score (nSPS) is 16.8. The van der Waals surface area contributed by atoms with Crippen LogP contribution < -0.4 is 5.48 Å². The zero-order chi connectivity index (χ0) is 18.9. The molecule has 0 fully saturated rings. The van der Waals surface area contributed by atoms with Gasteiger partial charge in [-0.2, -0.15) is 0 Å². The van der Waals surface area contributed by atoms with E-state index in [-0.39, 0.29) is 17.2 Å². The Morgan fingerprint density at radius 1 is 1.15 bits per heavy atom. The molecular weight excluding hydrogens is 364 g/mol. The van der Waals surface area contributed by atoms with E-state index >= 15 is 0 Å². The summed E-state index contributed by atoms with van der Waals surface area (Å²) in [7, 11) is -3.90. The van der Waals surface area contributed by atoms with Crippen molar-refractivity contribution in [1.29, 1.82) is 0 Å². The quantitative estimate of drug-likeness (QED) is 0.485. The second-order valence-electron chi connectivity index (χ2n) is 6.39. The smallest absolute Gasteiger partial charge is 0.274 e. The van der Waals surface area contributed by atoms with Crippen molar-refractivity contribution in [3.05, 3.63) is 64.7 Å². The Kier molecular flexibility index (Phi) is 5.06. The Balaban J connectivity index is 1.81. The third-order valence-electron chi connectivity index (χ3n) is 4.58. The van der Waals surface area contributed by atoms with Gasteiger partial charge in [-0.3, -0.25) is 10.0 Å². The highest BCUT2D eigenvalue weighted by Crippen LogP contribution is 2.29. The first-order chi connectivity index (χ1) is 12.3. The number of carbonyl (C=O) groups excluding carboxylic acids is 1. The minimum absolute atomic E-state index is 0.246. The summed E-state index contributed by atoms with van der Waals surface area (Å²) in [5.74, 6) is -3.07. The Hall–Kier alpha value is -2.32. The highest BCUT2D eigenvalue weighted by Gasteiger charge is 2.28. The van der Waals surface area contributed by atoms with Crippen LogP contribution in [0.1, 0.15) is 27.9 Å². The summed E-state index contributed by atoms with van der Waals surface area (Å²) in [6.45, 7) is 0. The lowest BCUT2D eigenvalue weighted by Crippen LogP contribution is -2.24. The van der Waals surface area contributed by atoms with Crippen LogP contribution in [0, 0.1) is 17.6 Å². The van der Waals surface area contributed by atoms with Crippen molar-refractivity contribution in [2.75, 3.05) is 5.75 Å². The maximum Gasteiger partial charge on any atom is 0.274 e. The number of aryl methyl sites for hydroxylation is 1. The first kappa shape index (κ1) is 18.5. The van der Waals surface area contributed by atoms with Gasteiger partial charge in [0, 0.05) is 11.6 Å². The Labute approximate surface area is 149 Å². The molecule has 2 aromatic carbocycles. The van der Waals surface area contributed by atoms with E-state index in [2.05, 4.69) is 0 Å². The number of halogens is 2. The van der Waals surface area contributed by atoms with Gasteiger partial charge in [-0.05, 0) is 60.6 Å². The van der Waals surface area contributed by atoms with Gasteiger partial charge in [-0.15, -0.1) is 0 Å². The lowest BCUT2D eigenvalue weighted by atomic mass is 9.84. The Morgan fingerprint density at radius 3 is 2.62 bits per heavy atom. The van der Waals surface area contributed by atoms with E-state index in [4.69, 9.17) is 5.21 Å². The number of hydrogen-bond donors (Lipinski definition) is 2. The van der Waals surface area contributed by atoms with Crippen molar-refractivity contribution >= 4 is 15.7 Å². The molecule has 1 atom stereocenters. The molecule has 1 amide bonds. The van der Waals surface area contributed by atoms with Crippen LogP contribution in [0.5, 0.6) is 0 Å². The average Bonchev–Trinajstić information content (AvgIpc) is 2.59. The molecule has 0 radical (unpaired) electrons. The van der Waals surface area contributed by atoms with E-state index in [1.165, 1.54) is 0 Å². The van der Waals surface area contributed by atoms with Gasteiger partial charge in [0.05, 0.1) is 5.75 Å². The van der Waals surface area contributed by atoms with Crippen LogP contribution in [-0.4, -0.2) is 25.3 Å². The fourth-order valence-corrected chi connectivity index (χ4v) is 5.02. The molecule has 0 spiro atoms. The van der Waals surface area contributed by atoms with Gasteiger partial charge in [0.2, 0.25) is 0 Å². The molecule has 26 heavy (non-hydrogen) atoms. The van der Waals surface area contributed by atoms with Gasteiger partial charge in [-0.1, -0.05) is 6.07 Å². The summed E-state index contributed by atoms with van der Waals surface area (Å²) >= 11 is 0. The second-order valence-corrected chi connectivity index (χ2v) is 8.39. The Bertz CT molecular complexity index is 960. The molecule has 0 aromatic heterocycles. The highest BCUT2D eigenvalue weighted by atomic mass is 32.2. The molecule has 1 aliphatic rings. The second kappa shape index (κ2) is 7.13. The Morgan fingerprint density at radius 2 is 1.92 bits per heavy atom. The zero-order valence-corrected chi connectivity index (χ0v) is 14.5. The molecule has 0 saturated carbocycles. The molecule has 2 N–H and O–H groups in total. The minimum Gasteiger partial charge on any atom is -0.288 e. The molecule has 138 valence electrons. The van der Waals surface area contributed by atoms with Crippen LogP contribution >= 0.6 is 0 Å². The largest absolute Gasteiger partial charge is 0.288 e. The molecule has 0 saturated heterocycles. The number of benzene rings is 2. The van der Waals surface area contributed by atoms with Crippen LogP contribution in [0.4, 0.5) is 8.78 Å². The summed E-state index contributed by atoms with van der Waals surface area (Å²) < 4.78 is 51.9. The fourth-order valence-electron chi connectivity index (χ4n) is 3.31. The van der Waals surface area contributed by atoms with Crippen LogP contribution in [0.15, 0.2) is 41.3 Å². The maximum absolute atomic E-state index is 13.8. The molecule has 3 rings (SSSR count). The van der Waals surface area contributed by atoms with E-state index < -0.39 is 32.3 Å². The maximum atomic E-state index is 13.8. The van der Waals surface area contributed by atoms with Crippen LogP contribution in [-0.2, 0) is 22.7 Å². The first-order valence-corrected chi connectivity index (χ1v) is 9.69. The molecule has 0 heterocycles. The van der Waals surface area contributed by atoms with Gasteiger partial charge < -0.3 is 0 Å². The molecule has 1 aliphatic carbocycles. The lowest BCUT2D eigenvalue weighted by molar-refractivity contribution is 0.0706. The van der Waals surface area contributed by atoms with Crippen LogP contribution in [0.2, 0.25) is 0 Å². The number of carbonyl (C=O) groups is 1. The van der Waals surface area contributed by atoms with Crippen LogP contribution in [0.3, 0.4) is 0 Å². The van der Waals surface area contributed by atoms with Crippen molar-refractivity contribution in [2.45, 2.75) is 24.2 Å². The number of fused-ring (bicyclic) bond motifs is 1. The van der Waals surface area contributed by atoms with Gasteiger partial charge in [0.1, 0.15) is 16.5 Å². The first-order valence-electron chi connectivity index (χ1n) is 8.04. The predicted octanol–water partition coefficient (Wildman–Crippen LogP) is 2.66. The molecule has 8 heteroatoms. The van der Waals surface area contributed by atoms with Gasteiger partial charge in [-0.25, -0.2) is 22.7 Å². The van der Waals surface area contributed by atoms with E-state index in [1.54, 1.807) is 23.7 Å². The monoisotopic (exact) mass is 381 g/mol. The zero-order valence-electron chi connectivity index (χ0n) is 13.7. The molecule has 1 unspecified atom stereocenters. The summed E-state index contributed by atoms with van der Waals surface area (Å²) in [5, 5.41) is 8.73. The number of hydroxylamine groups is 1. The van der Waals surface area contributed by atoms with Gasteiger partial charge in [0.15, 0.2) is 9.84 Å². The molecule has 0 aliphatic heterocycles. The summed E-state index contributed by atoms with van der Waals surface area (Å²) in [6, 6.07) is 7.42. The standard InChI is InChI=1S/C18H17F2NO4S/c19-15-5-6-17(16(20)9-15)26(24,25)10-11-1-2-12-3-4-13(18(22)21-23)8-14(12)7-11/h3-6,8-9,11,23H,1-2,7,10H2,(H,21,22). The van der Waals surface area contributed by atoms with E-state index in [9.17, 15) is 22.0 Å². The molecule has 5 nitrogen and oxygen atoms in total. The molecule has 0 bridgehead atoms. The molecular formula is C18H17F2NO4S. The molecule has 2 aromatic rings. The topological polar surface area (TPSA) is 83.5 Å². The lowest BCUT2D eigenvalue weighted by Gasteiger charge is -2.25. The van der Waals surface area contributed by atoms with Crippen LogP contribution in [0.25, 0.3) is 0 Å². The van der Waals surface area contributed by atoms with Crippen molar-refractivity contribution in [1.82, 2.24) is 5.48 Å². The van der Waals surface area contributed by atoms with E-state index in [1.807, 2.05) is 0 Å². The summed E-state index contributed by atoms with van der Waals surface area (Å²) in [4.78, 5) is 11.0. The van der Waals surface area contributed by atoms with Crippen molar-refractivity contribution in [3.8, 4) is 0 Å². The third-order valence-corrected chi connectivity index (χ3v) is 6.50. The fraction of sp³-hybridized carbons (Fsp3) is 0.278. The number of sulfone groups is 1. The minimum atomic E-state index is -3.90. The van der Waals surface area contributed by atoms with Gasteiger partial charge in [0.25, 0.3) is 5.91 Å². The number of hydrogen-bond acceptors (Lipinski definition) is 4. The van der Waals surface area contributed by atoms with Crippen molar-refractivity contribution < 1.29 is 27.2 Å². The van der Waals surface area contributed by atoms with Gasteiger partial charge >= 0.3 is 0 Å². The number of nitrogens with one attached hydrogen (secondary N) is 1.